The molecule has 3 heterocycles. The van der Waals surface area contributed by atoms with Gasteiger partial charge in [-0.15, -0.1) is 10.2 Å². The second-order valence-corrected chi connectivity index (χ2v) is 9.54. The Hall–Kier alpha value is -3.33. The first-order valence-electron chi connectivity index (χ1n) is 10.7. The van der Waals surface area contributed by atoms with Gasteiger partial charge in [0, 0.05) is 18.5 Å². The number of thiocarbonyl (C=S) groups is 1. The highest BCUT2D eigenvalue weighted by Gasteiger charge is 2.37. The van der Waals surface area contributed by atoms with Crippen molar-refractivity contribution in [2.24, 2.45) is 0 Å². The summed E-state index contributed by atoms with van der Waals surface area (Å²) in [5.74, 6) is 0.194. The molecule has 0 saturated carbocycles. The molecule has 194 valence electrons. The standard InChI is InChI=1S/C22H16F6N6OS2/c23-21(24,25)13-8-12(9-14(10-13)22(26,27)28)16-5-3-4-15(29-16)11-17-19(35)34(20(36)37-17)7-2-1-6-18-30-32-33-31-18/h3-5,8-11H,1-2,6-7H2,(H,30,31,32,33)/b17-11-. The van der Waals surface area contributed by atoms with Gasteiger partial charge in [0.25, 0.3) is 5.91 Å². The molecule has 7 nitrogen and oxygen atoms in total. The molecule has 0 spiro atoms. The zero-order valence-electron chi connectivity index (χ0n) is 18.6. The summed E-state index contributed by atoms with van der Waals surface area (Å²) in [7, 11) is 0. The maximum absolute atomic E-state index is 13.2. The van der Waals surface area contributed by atoms with Crippen molar-refractivity contribution in [1.82, 2.24) is 30.5 Å². The number of carbonyl (C=O) groups is 1. The number of nitrogens with zero attached hydrogens (tertiary/aromatic N) is 5. The Balaban J connectivity index is 1.53. The highest BCUT2D eigenvalue weighted by Crippen LogP contribution is 2.38. The van der Waals surface area contributed by atoms with Crippen molar-refractivity contribution in [3.63, 3.8) is 0 Å². The third kappa shape index (κ3) is 6.52. The highest BCUT2D eigenvalue weighted by atomic mass is 32.2. The molecule has 1 aliphatic rings. The van der Waals surface area contributed by atoms with E-state index in [0.29, 0.717) is 48.1 Å². The van der Waals surface area contributed by atoms with E-state index in [1.54, 1.807) is 0 Å². The van der Waals surface area contributed by atoms with Gasteiger partial charge < -0.3 is 0 Å². The summed E-state index contributed by atoms with van der Waals surface area (Å²) in [5.41, 5.74) is -3.16. The molecule has 1 fully saturated rings. The van der Waals surface area contributed by atoms with Crippen LogP contribution in [0.3, 0.4) is 0 Å². The molecular weight excluding hydrogens is 542 g/mol. The smallest absolute Gasteiger partial charge is 0.293 e. The second kappa shape index (κ2) is 10.6. The Bertz CT molecular complexity index is 1310. The van der Waals surface area contributed by atoms with Gasteiger partial charge in [0.2, 0.25) is 0 Å². The number of carbonyl (C=O) groups excluding carboxylic acids is 1. The molecule has 1 saturated heterocycles. The van der Waals surface area contributed by atoms with Gasteiger partial charge in [-0.3, -0.25) is 9.69 Å². The number of rotatable bonds is 7. The van der Waals surface area contributed by atoms with Crippen LogP contribution in [-0.4, -0.2) is 47.3 Å². The van der Waals surface area contributed by atoms with Crippen LogP contribution in [0.1, 0.15) is 35.5 Å². The van der Waals surface area contributed by atoms with Crippen LogP contribution in [0.5, 0.6) is 0 Å². The van der Waals surface area contributed by atoms with E-state index in [1.807, 2.05) is 0 Å². The number of aromatic nitrogens is 5. The average molecular weight is 559 g/mol. The zero-order valence-corrected chi connectivity index (χ0v) is 20.2. The average Bonchev–Trinajstić information content (AvgIpc) is 3.44. The molecular formula is C22H16F6N6OS2. The Morgan fingerprint density at radius 1 is 1.03 bits per heavy atom. The fourth-order valence-corrected chi connectivity index (χ4v) is 4.76. The van der Waals surface area contributed by atoms with Gasteiger partial charge in [0.05, 0.1) is 27.4 Å². The lowest BCUT2D eigenvalue weighted by molar-refractivity contribution is -0.143. The molecule has 2 aromatic heterocycles. The van der Waals surface area contributed by atoms with E-state index in [9.17, 15) is 31.1 Å². The number of benzene rings is 1. The van der Waals surface area contributed by atoms with Crippen LogP contribution in [0.4, 0.5) is 26.3 Å². The first kappa shape index (κ1) is 26.7. The number of pyridine rings is 1. The maximum Gasteiger partial charge on any atom is 0.416 e. The Morgan fingerprint density at radius 2 is 1.73 bits per heavy atom. The van der Waals surface area contributed by atoms with E-state index in [1.165, 1.54) is 29.2 Å². The monoisotopic (exact) mass is 558 g/mol. The quantitative estimate of drug-likeness (QED) is 0.177. The van der Waals surface area contributed by atoms with Crippen LogP contribution in [-0.2, 0) is 23.6 Å². The minimum absolute atomic E-state index is 0.0565. The fraction of sp³-hybridized carbons (Fsp3) is 0.273. The van der Waals surface area contributed by atoms with Crippen LogP contribution >= 0.6 is 24.0 Å². The first-order chi connectivity index (χ1) is 17.4. The maximum atomic E-state index is 13.2. The van der Waals surface area contributed by atoms with Gasteiger partial charge in [0.1, 0.15) is 4.32 Å². The predicted molar refractivity (Wildman–Crippen MR) is 127 cm³/mol. The molecule has 0 aliphatic carbocycles. The van der Waals surface area contributed by atoms with E-state index >= 15 is 0 Å². The van der Waals surface area contributed by atoms with Crippen molar-refractivity contribution in [2.75, 3.05) is 6.54 Å². The summed E-state index contributed by atoms with van der Waals surface area (Å²) in [6, 6.07) is 5.48. The number of halogens is 6. The second-order valence-electron chi connectivity index (χ2n) is 7.86. The molecule has 15 heteroatoms. The summed E-state index contributed by atoms with van der Waals surface area (Å²) >= 11 is 6.33. The third-order valence-corrected chi connectivity index (χ3v) is 6.61. The summed E-state index contributed by atoms with van der Waals surface area (Å²) in [5, 5.41) is 13.5. The number of hydrogen-bond donors (Lipinski definition) is 1. The number of thioether (sulfide) groups is 1. The highest BCUT2D eigenvalue weighted by molar-refractivity contribution is 8.26. The van der Waals surface area contributed by atoms with Crippen molar-refractivity contribution >= 4 is 40.3 Å². The van der Waals surface area contributed by atoms with Crippen molar-refractivity contribution < 1.29 is 31.1 Å². The van der Waals surface area contributed by atoms with Crippen LogP contribution in [0, 0.1) is 0 Å². The molecule has 4 rings (SSSR count). The predicted octanol–water partition coefficient (Wildman–Crippen LogP) is 5.52. The van der Waals surface area contributed by atoms with Crippen LogP contribution in [0.2, 0.25) is 0 Å². The molecule has 0 radical (unpaired) electrons. The molecule has 3 aromatic rings. The van der Waals surface area contributed by atoms with Crippen LogP contribution < -0.4 is 0 Å². The van der Waals surface area contributed by atoms with E-state index in [4.69, 9.17) is 12.2 Å². The van der Waals surface area contributed by atoms with Gasteiger partial charge in [-0.05, 0) is 49.2 Å². The SMILES string of the molecule is O=C1/C(=C/c2cccc(-c3cc(C(F)(F)F)cc(C(F)(F)F)c3)n2)SC(=S)N1CCCCc1nn[nH]n1. The molecule has 1 aliphatic heterocycles. The molecule has 37 heavy (non-hydrogen) atoms. The largest absolute Gasteiger partial charge is 0.416 e. The third-order valence-electron chi connectivity index (χ3n) is 5.23. The number of tetrazole rings is 1. The number of nitrogens with one attached hydrogen (secondary N) is 1. The number of alkyl halides is 6. The summed E-state index contributed by atoms with van der Waals surface area (Å²) < 4.78 is 79.7. The Morgan fingerprint density at radius 3 is 2.35 bits per heavy atom. The lowest BCUT2D eigenvalue weighted by atomic mass is 10.0. The molecule has 0 bridgehead atoms. The van der Waals surface area contributed by atoms with Crippen molar-refractivity contribution in [3.8, 4) is 11.3 Å². The van der Waals surface area contributed by atoms with E-state index in [0.717, 1.165) is 11.8 Å². The number of aryl methyl sites for hydroxylation is 1. The molecule has 0 atom stereocenters. The number of aromatic amines is 1. The van der Waals surface area contributed by atoms with E-state index in [2.05, 4.69) is 25.6 Å². The van der Waals surface area contributed by atoms with Crippen LogP contribution in [0.25, 0.3) is 17.3 Å². The summed E-state index contributed by atoms with van der Waals surface area (Å²) in [6.07, 6.45) is -6.67. The van der Waals surface area contributed by atoms with E-state index < -0.39 is 23.5 Å². The molecule has 0 unspecified atom stereocenters. The lowest BCUT2D eigenvalue weighted by Gasteiger charge is -2.14. The van der Waals surface area contributed by atoms with Crippen molar-refractivity contribution in [1.29, 1.82) is 0 Å². The first-order valence-corrected chi connectivity index (χ1v) is 11.9. The number of hydrogen-bond acceptors (Lipinski definition) is 7. The number of H-pyrrole nitrogens is 1. The minimum atomic E-state index is -4.98. The molecule has 1 aromatic carbocycles. The van der Waals surface area contributed by atoms with Gasteiger partial charge >= 0.3 is 12.4 Å². The van der Waals surface area contributed by atoms with Gasteiger partial charge in [-0.25, -0.2) is 4.98 Å². The van der Waals surface area contributed by atoms with Gasteiger partial charge in [-0.1, -0.05) is 35.3 Å². The number of amides is 1. The van der Waals surface area contributed by atoms with Crippen molar-refractivity contribution in [3.05, 3.63) is 63.9 Å². The lowest BCUT2D eigenvalue weighted by Crippen LogP contribution is -2.29. The topological polar surface area (TPSA) is 87.7 Å². The minimum Gasteiger partial charge on any atom is -0.293 e. The Kier molecular flexibility index (Phi) is 7.64. The van der Waals surface area contributed by atoms with Crippen molar-refractivity contribution in [2.45, 2.75) is 31.6 Å². The fourth-order valence-electron chi connectivity index (χ4n) is 3.46. The zero-order chi connectivity index (χ0) is 26.8. The number of unbranched alkanes of at least 4 members (excludes halogenated alkanes) is 1. The summed E-state index contributed by atoms with van der Waals surface area (Å²) in [4.78, 5) is 18.7. The van der Waals surface area contributed by atoms with Crippen LogP contribution in [0.15, 0.2) is 41.3 Å². The van der Waals surface area contributed by atoms with Gasteiger partial charge in [-0.2, -0.15) is 31.6 Å². The normalized spacial score (nSPS) is 15.7. The van der Waals surface area contributed by atoms with Gasteiger partial charge in [0.15, 0.2) is 5.82 Å². The Labute approximate surface area is 215 Å². The summed E-state index contributed by atoms with van der Waals surface area (Å²) in [6.45, 7) is 0.359. The van der Waals surface area contributed by atoms with E-state index in [-0.39, 0.29) is 33.8 Å². The molecule has 1 amide bonds. The molecule has 1 N–H and O–H groups in total.